The Labute approximate surface area is 105 Å². The molecule has 16 heavy (non-hydrogen) atoms. The lowest BCUT2D eigenvalue weighted by molar-refractivity contribution is 0.945. The van der Waals surface area contributed by atoms with Crippen molar-refractivity contribution in [2.24, 2.45) is 4.99 Å². The normalized spacial score (nSPS) is 14.2. The van der Waals surface area contributed by atoms with Crippen LogP contribution in [0.5, 0.6) is 0 Å². The summed E-state index contributed by atoms with van der Waals surface area (Å²) < 4.78 is 0. The number of halogens is 1. The molecule has 0 aromatic heterocycles. The molecule has 0 aliphatic heterocycles. The van der Waals surface area contributed by atoms with E-state index >= 15 is 0 Å². The molecule has 0 radical (unpaired) electrons. The smallest absolute Gasteiger partial charge is 0.0362 e. The minimum Gasteiger partial charge on any atom is -0.266 e. The number of aliphatic imine (C=N–C) groups is 1. The maximum atomic E-state index is 5.91. The molecule has 0 saturated heterocycles. The first-order valence-electron chi connectivity index (χ1n) is 5.88. The fourth-order valence-electron chi connectivity index (χ4n) is 1.14. The largest absolute Gasteiger partial charge is 0.266 e. The van der Waals surface area contributed by atoms with Gasteiger partial charge in [-0.1, -0.05) is 43.2 Å². The van der Waals surface area contributed by atoms with Crippen molar-refractivity contribution in [3.05, 3.63) is 35.0 Å². The molecular weight excluding hydrogens is 218 g/mol. The Morgan fingerprint density at radius 3 is 2.56 bits per heavy atom. The lowest BCUT2D eigenvalue weighted by Gasteiger charge is -1.92. The lowest BCUT2D eigenvalue weighted by atomic mass is 10.3. The molecule has 2 heteroatoms. The molecule has 0 bridgehead atoms. The summed E-state index contributed by atoms with van der Waals surface area (Å²) in [6, 6.07) is 0. The molecule has 0 aromatic carbocycles. The van der Waals surface area contributed by atoms with Gasteiger partial charge in [-0.3, -0.25) is 4.99 Å². The van der Waals surface area contributed by atoms with E-state index < -0.39 is 0 Å². The molecule has 0 N–H and O–H groups in total. The quantitative estimate of drug-likeness (QED) is 0.327. The van der Waals surface area contributed by atoms with Crippen molar-refractivity contribution in [2.75, 3.05) is 0 Å². The number of unbranched alkanes of at least 4 members (excludes halogenated alkanes) is 2. The average Bonchev–Trinajstić information content (AvgIpc) is 2.26. The average molecular weight is 240 g/mol. The molecule has 1 nitrogen and oxygen atoms in total. The third-order valence-electron chi connectivity index (χ3n) is 1.98. The van der Waals surface area contributed by atoms with Gasteiger partial charge in [0, 0.05) is 16.9 Å². The van der Waals surface area contributed by atoms with Crippen LogP contribution in [0.15, 0.2) is 40.0 Å². The van der Waals surface area contributed by atoms with Crippen LogP contribution >= 0.6 is 11.6 Å². The predicted molar refractivity (Wildman–Crippen MR) is 75.1 cm³/mol. The Balaban J connectivity index is 3.81. The molecule has 0 aliphatic rings. The first kappa shape index (κ1) is 15.2. The number of allylic oxidation sites excluding steroid dienone is 6. The van der Waals surface area contributed by atoms with Gasteiger partial charge in [0.05, 0.1) is 0 Å². The maximum absolute atomic E-state index is 5.91. The zero-order valence-corrected chi connectivity index (χ0v) is 11.3. The molecule has 0 atom stereocenters. The van der Waals surface area contributed by atoms with Crippen LogP contribution in [-0.4, -0.2) is 6.21 Å². The minimum absolute atomic E-state index is 0.800. The molecule has 0 fully saturated rings. The van der Waals surface area contributed by atoms with Crippen LogP contribution in [0.25, 0.3) is 0 Å². The maximum Gasteiger partial charge on any atom is 0.0362 e. The van der Waals surface area contributed by atoms with Crippen LogP contribution in [0.1, 0.15) is 46.5 Å². The molecule has 0 saturated carbocycles. The molecule has 0 aromatic rings. The van der Waals surface area contributed by atoms with Crippen LogP contribution in [0, 0.1) is 0 Å². The van der Waals surface area contributed by atoms with E-state index in [4.69, 9.17) is 11.6 Å². The Morgan fingerprint density at radius 1 is 1.19 bits per heavy atom. The Kier molecular flexibility index (Phi) is 10.1. The second-order valence-corrected chi connectivity index (χ2v) is 4.05. The highest BCUT2D eigenvalue weighted by Gasteiger charge is 1.85. The number of hydrogen-bond donors (Lipinski definition) is 0. The lowest BCUT2D eigenvalue weighted by Crippen LogP contribution is -1.77. The molecule has 0 aliphatic carbocycles. The van der Waals surface area contributed by atoms with Crippen molar-refractivity contribution < 1.29 is 0 Å². The molecule has 0 heterocycles. The first-order valence-corrected chi connectivity index (χ1v) is 6.26. The fraction of sp³-hybridized carbons (Fsp3) is 0.500. The first-order chi connectivity index (χ1) is 7.70. The summed E-state index contributed by atoms with van der Waals surface area (Å²) in [5, 5.41) is 0.800. The zero-order valence-electron chi connectivity index (χ0n) is 10.5. The predicted octanol–water partition coefficient (Wildman–Crippen LogP) is 5.24. The number of hydrogen-bond acceptors (Lipinski definition) is 1. The van der Waals surface area contributed by atoms with Gasteiger partial charge in [-0.15, -0.1) is 0 Å². The third kappa shape index (κ3) is 9.72. The molecule has 0 spiro atoms. The molecular formula is C14H22ClN. The SMILES string of the molecule is C/C=C\C(Cl)=CCC/C=N\C(C)=C/CCC. The van der Waals surface area contributed by atoms with E-state index in [9.17, 15) is 0 Å². The number of nitrogens with zero attached hydrogens (tertiary/aromatic N) is 1. The van der Waals surface area contributed by atoms with Gasteiger partial charge in [-0.05, 0) is 39.2 Å². The van der Waals surface area contributed by atoms with Gasteiger partial charge in [-0.25, -0.2) is 0 Å². The highest BCUT2D eigenvalue weighted by Crippen LogP contribution is 2.05. The molecule has 0 unspecified atom stereocenters. The molecule has 90 valence electrons. The van der Waals surface area contributed by atoms with Gasteiger partial charge in [0.25, 0.3) is 0 Å². The van der Waals surface area contributed by atoms with E-state index in [1.54, 1.807) is 0 Å². The standard InChI is InChI=1S/C14H22ClN/c1-4-6-10-13(3)16-12-8-7-11-14(15)9-5-2/h5,9-12H,4,6-8H2,1-3H3/b9-5-,13-10-,14-11?,16-12-. The van der Waals surface area contributed by atoms with Crippen LogP contribution in [0.2, 0.25) is 0 Å². The molecule has 0 rings (SSSR count). The van der Waals surface area contributed by atoms with Gasteiger partial charge in [0.2, 0.25) is 0 Å². The van der Waals surface area contributed by atoms with Gasteiger partial charge < -0.3 is 0 Å². The Bertz CT molecular complexity index is 285. The third-order valence-corrected chi connectivity index (χ3v) is 2.26. The van der Waals surface area contributed by atoms with Crippen molar-refractivity contribution in [3.8, 4) is 0 Å². The zero-order chi connectivity index (χ0) is 12.2. The van der Waals surface area contributed by atoms with E-state index in [0.29, 0.717) is 0 Å². The van der Waals surface area contributed by atoms with E-state index in [0.717, 1.165) is 30.0 Å². The fourth-order valence-corrected chi connectivity index (χ4v) is 1.37. The minimum atomic E-state index is 0.800. The summed E-state index contributed by atoms with van der Waals surface area (Å²) in [6.07, 6.45) is 14.1. The van der Waals surface area contributed by atoms with E-state index in [1.807, 2.05) is 38.3 Å². The highest BCUT2D eigenvalue weighted by atomic mass is 35.5. The summed E-state index contributed by atoms with van der Waals surface area (Å²) in [5.74, 6) is 0. The Morgan fingerprint density at radius 2 is 1.94 bits per heavy atom. The van der Waals surface area contributed by atoms with E-state index in [-0.39, 0.29) is 0 Å². The summed E-state index contributed by atoms with van der Waals surface area (Å²) in [7, 11) is 0. The Hall–Kier alpha value is -0.820. The molecule has 0 amide bonds. The van der Waals surface area contributed by atoms with Crippen molar-refractivity contribution in [1.29, 1.82) is 0 Å². The number of rotatable bonds is 7. The van der Waals surface area contributed by atoms with Crippen LogP contribution in [-0.2, 0) is 0 Å². The van der Waals surface area contributed by atoms with Gasteiger partial charge >= 0.3 is 0 Å². The van der Waals surface area contributed by atoms with E-state index in [2.05, 4.69) is 18.0 Å². The van der Waals surface area contributed by atoms with Crippen LogP contribution < -0.4 is 0 Å². The summed E-state index contributed by atoms with van der Waals surface area (Å²) in [5.41, 5.74) is 1.10. The second kappa shape index (κ2) is 10.7. The van der Waals surface area contributed by atoms with Crippen molar-refractivity contribution >= 4 is 17.8 Å². The van der Waals surface area contributed by atoms with Crippen LogP contribution in [0.3, 0.4) is 0 Å². The topological polar surface area (TPSA) is 12.4 Å². The highest BCUT2D eigenvalue weighted by molar-refractivity contribution is 6.31. The second-order valence-electron chi connectivity index (χ2n) is 3.61. The van der Waals surface area contributed by atoms with Gasteiger partial charge in [-0.2, -0.15) is 0 Å². The van der Waals surface area contributed by atoms with Crippen LogP contribution in [0.4, 0.5) is 0 Å². The van der Waals surface area contributed by atoms with Crippen molar-refractivity contribution in [1.82, 2.24) is 0 Å². The van der Waals surface area contributed by atoms with E-state index in [1.165, 1.54) is 6.42 Å². The summed E-state index contributed by atoms with van der Waals surface area (Å²) in [4.78, 5) is 4.35. The summed E-state index contributed by atoms with van der Waals surface area (Å²) in [6.45, 7) is 6.16. The monoisotopic (exact) mass is 239 g/mol. The van der Waals surface area contributed by atoms with Crippen molar-refractivity contribution in [3.63, 3.8) is 0 Å². The van der Waals surface area contributed by atoms with Gasteiger partial charge in [0.1, 0.15) is 0 Å². The summed E-state index contributed by atoms with van der Waals surface area (Å²) >= 11 is 5.91. The van der Waals surface area contributed by atoms with Crippen molar-refractivity contribution in [2.45, 2.75) is 46.5 Å². The van der Waals surface area contributed by atoms with Gasteiger partial charge in [0.15, 0.2) is 0 Å².